The summed E-state index contributed by atoms with van der Waals surface area (Å²) in [5, 5.41) is 117. The third-order valence-electron chi connectivity index (χ3n) is 10.6. The van der Waals surface area contributed by atoms with Gasteiger partial charge in [-0.1, -0.05) is 12.1 Å². The molecule has 16 atom stereocenters. The lowest BCUT2D eigenvalue weighted by Gasteiger charge is -2.47. The highest BCUT2D eigenvalue weighted by Crippen LogP contribution is 2.38. The molecule has 2 aromatic heterocycles. The third kappa shape index (κ3) is 10.4. The molecule has 0 spiro atoms. The Morgan fingerprint density at radius 1 is 1.05 bits per heavy atom. The van der Waals surface area contributed by atoms with Gasteiger partial charge in [0.05, 0.1) is 65.7 Å². The van der Waals surface area contributed by atoms with Gasteiger partial charge in [0.15, 0.2) is 12.6 Å². The lowest BCUT2D eigenvalue weighted by Crippen LogP contribution is -2.65. The Balaban J connectivity index is 1.04. The molecule has 6 rings (SSSR count). The van der Waals surface area contributed by atoms with Crippen molar-refractivity contribution in [1.82, 2.24) is 25.3 Å². The first-order valence-electron chi connectivity index (χ1n) is 19.1. The molecule has 3 aliphatic rings. The number of nitrogens with one attached hydrogen (secondary N) is 1. The van der Waals surface area contributed by atoms with Crippen molar-refractivity contribution in [3.63, 3.8) is 0 Å². The molecule has 26 heteroatoms. The number of fused-ring (bicyclic) bond motifs is 1. The number of rotatable bonds is 17. The fourth-order valence-electron chi connectivity index (χ4n) is 7.01. The smallest absolute Gasteiger partial charge is 0.407 e. The number of hydrogen-bond acceptors (Lipinski definition) is 23. The van der Waals surface area contributed by atoms with Gasteiger partial charge in [-0.15, -0.1) is 16.4 Å². The van der Waals surface area contributed by atoms with Crippen LogP contribution < -0.4 is 11.1 Å². The standard InChI is InChI=1S/C35H50N6O19S/c1-14-18(43)7-35(33(51)52,56-12-21-24(46)25(47)27(49)32(58-21)59-30-20(10-42)57-31(54-5-4-36)28(50)26(30)48)60-29(14)23(45)19(44)8-37-34(53)55-11-15-9-41(40-39-15)16-2-3-22-17(6-16)38-13-61-22/h2-3,6,9,13-14,18-21,23-32,42-50H,4-5,7-8,10-12,36H2,1H3,(H,37,53)(H,51,52)/t14-,18-,19-,20?,21?,23-,24+,25+,26+,27?,28?,29?,30-,31-,32+,35-/m1/s1. The number of carbonyl (C=O) groups excluding carboxylic acids is 1. The molecule has 1 aromatic carbocycles. The average Bonchev–Trinajstić information content (AvgIpc) is 3.93. The molecular formula is C35H50N6O19S. The first-order chi connectivity index (χ1) is 29.1. The average molecular weight is 891 g/mol. The van der Waals surface area contributed by atoms with Gasteiger partial charge in [-0.05, 0) is 18.2 Å². The molecule has 3 aromatic rings. The van der Waals surface area contributed by atoms with E-state index in [1.165, 1.54) is 29.1 Å². The molecule has 25 nitrogen and oxygen atoms in total. The van der Waals surface area contributed by atoms with Crippen LogP contribution in [0, 0.1) is 5.92 Å². The van der Waals surface area contributed by atoms with Crippen LogP contribution in [-0.2, 0) is 44.6 Å². The Kier molecular flexibility index (Phi) is 15.5. The minimum absolute atomic E-state index is 0.0471. The molecule has 5 unspecified atom stereocenters. The van der Waals surface area contributed by atoms with Crippen molar-refractivity contribution >= 4 is 33.6 Å². The predicted molar refractivity (Wildman–Crippen MR) is 200 cm³/mol. The molecule has 0 aliphatic carbocycles. The summed E-state index contributed by atoms with van der Waals surface area (Å²) < 4.78 is 40.9. The number of alkyl carbamates (subject to hydrolysis) is 1. The number of carbonyl (C=O) groups is 2. The number of carboxylic acid groups (broad SMARTS) is 1. The molecule has 0 bridgehead atoms. The number of thiazole rings is 1. The van der Waals surface area contributed by atoms with Gasteiger partial charge in [0, 0.05) is 25.4 Å². The van der Waals surface area contributed by atoms with Crippen molar-refractivity contribution < 1.29 is 93.8 Å². The normalized spacial score (nSPS) is 35.4. The van der Waals surface area contributed by atoms with Crippen LogP contribution >= 0.6 is 11.3 Å². The highest BCUT2D eigenvalue weighted by atomic mass is 32.1. The molecule has 340 valence electrons. The van der Waals surface area contributed by atoms with Crippen molar-refractivity contribution in [3.8, 4) is 5.69 Å². The van der Waals surface area contributed by atoms with E-state index < -0.39 is 136 Å². The summed E-state index contributed by atoms with van der Waals surface area (Å²) >= 11 is 1.48. The summed E-state index contributed by atoms with van der Waals surface area (Å²) in [6.07, 6.45) is -24.6. The van der Waals surface area contributed by atoms with Crippen LogP contribution in [0.2, 0.25) is 0 Å². The lowest BCUT2D eigenvalue weighted by molar-refractivity contribution is -0.368. The number of ether oxygens (including phenoxy) is 7. The van der Waals surface area contributed by atoms with Gasteiger partial charge in [0.2, 0.25) is 0 Å². The fourth-order valence-corrected chi connectivity index (χ4v) is 7.67. The summed E-state index contributed by atoms with van der Waals surface area (Å²) in [6, 6.07) is 5.51. The van der Waals surface area contributed by atoms with E-state index in [1.807, 2.05) is 18.2 Å². The maximum atomic E-state index is 12.7. The second kappa shape index (κ2) is 20.2. The molecule has 5 heterocycles. The van der Waals surface area contributed by atoms with Gasteiger partial charge in [-0.2, -0.15) is 0 Å². The maximum absolute atomic E-state index is 12.7. The van der Waals surface area contributed by atoms with Crippen molar-refractivity contribution in [2.24, 2.45) is 11.7 Å². The Labute approximate surface area is 349 Å². The molecule has 61 heavy (non-hydrogen) atoms. The largest absolute Gasteiger partial charge is 0.477 e. The van der Waals surface area contributed by atoms with Gasteiger partial charge >= 0.3 is 12.1 Å². The molecule has 3 aliphatic heterocycles. The van der Waals surface area contributed by atoms with Crippen LogP contribution in [0.15, 0.2) is 29.9 Å². The zero-order chi connectivity index (χ0) is 44.2. The van der Waals surface area contributed by atoms with E-state index in [-0.39, 0.29) is 25.5 Å². The van der Waals surface area contributed by atoms with E-state index in [9.17, 15) is 60.7 Å². The number of aliphatic carboxylic acids is 1. The second-order valence-corrected chi connectivity index (χ2v) is 15.6. The third-order valence-corrected chi connectivity index (χ3v) is 11.4. The number of amides is 1. The van der Waals surface area contributed by atoms with Gasteiger partial charge in [0.25, 0.3) is 5.79 Å². The summed E-state index contributed by atoms with van der Waals surface area (Å²) in [6.45, 7) is -1.25. The number of aliphatic hydroxyl groups excluding tert-OH is 9. The van der Waals surface area contributed by atoms with E-state index in [0.29, 0.717) is 5.69 Å². The minimum Gasteiger partial charge on any atom is -0.477 e. The van der Waals surface area contributed by atoms with Crippen LogP contribution in [-0.4, -0.2) is 208 Å². The zero-order valence-electron chi connectivity index (χ0n) is 32.4. The van der Waals surface area contributed by atoms with E-state index >= 15 is 0 Å². The number of carboxylic acids is 1. The van der Waals surface area contributed by atoms with Gasteiger partial charge in [-0.3, -0.25) is 0 Å². The molecule has 1 amide bonds. The summed E-state index contributed by atoms with van der Waals surface area (Å²) in [5.41, 5.74) is 8.86. The van der Waals surface area contributed by atoms with E-state index in [4.69, 9.17) is 38.9 Å². The summed E-state index contributed by atoms with van der Waals surface area (Å²) in [4.78, 5) is 29.5. The van der Waals surface area contributed by atoms with E-state index in [1.54, 1.807) is 5.51 Å². The Morgan fingerprint density at radius 3 is 2.51 bits per heavy atom. The van der Waals surface area contributed by atoms with E-state index in [0.717, 1.165) is 10.2 Å². The zero-order valence-corrected chi connectivity index (χ0v) is 33.2. The van der Waals surface area contributed by atoms with Crippen molar-refractivity contribution in [1.29, 1.82) is 0 Å². The van der Waals surface area contributed by atoms with Crippen molar-refractivity contribution in [2.75, 3.05) is 32.9 Å². The quantitative estimate of drug-likeness (QED) is 0.0604. The summed E-state index contributed by atoms with van der Waals surface area (Å²) in [5.74, 6) is -5.58. The van der Waals surface area contributed by atoms with Crippen molar-refractivity contribution in [2.45, 2.75) is 112 Å². The van der Waals surface area contributed by atoms with Crippen LogP contribution in [0.1, 0.15) is 19.0 Å². The topological polar surface area (TPSA) is 383 Å². The van der Waals surface area contributed by atoms with Gasteiger partial charge in [0.1, 0.15) is 67.2 Å². The molecular weight excluding hydrogens is 840 g/mol. The van der Waals surface area contributed by atoms with Crippen LogP contribution in [0.25, 0.3) is 15.9 Å². The Morgan fingerprint density at radius 2 is 1.79 bits per heavy atom. The Hall–Kier alpha value is -3.65. The highest BCUT2D eigenvalue weighted by molar-refractivity contribution is 7.16. The number of nitrogens with zero attached hydrogens (tertiary/aromatic N) is 4. The number of hydrogen-bond donors (Lipinski definition) is 12. The Bertz CT molecular complexity index is 1910. The maximum Gasteiger partial charge on any atom is 0.407 e. The fraction of sp³-hybridized carbons (Fsp3) is 0.686. The van der Waals surface area contributed by atoms with Crippen LogP contribution in [0.4, 0.5) is 4.79 Å². The predicted octanol–water partition coefficient (Wildman–Crippen LogP) is -4.98. The first-order valence-corrected chi connectivity index (χ1v) is 20.0. The molecule has 3 fully saturated rings. The molecule has 3 saturated heterocycles. The molecule has 13 N–H and O–H groups in total. The number of aromatic nitrogens is 4. The number of aliphatic hydroxyl groups is 9. The van der Waals surface area contributed by atoms with E-state index in [2.05, 4.69) is 20.6 Å². The molecule has 0 saturated carbocycles. The SMILES string of the molecule is C[C@H]1C([C@H](O)[C@H](O)CNC(=O)OCc2cn(-c3ccc4scnc4c3)nn2)O[C@@](OCC2O[C@@H](O[C@@H]3C(CO)O[C@@H](OCCN)C(O)[C@@H]3O)C(O)[C@@H](O)[C@H]2O)(C(=O)O)C[C@H]1O. The van der Waals surface area contributed by atoms with Gasteiger partial charge < -0.3 is 95.3 Å². The lowest BCUT2D eigenvalue weighted by atomic mass is 9.84. The van der Waals surface area contributed by atoms with Crippen LogP contribution in [0.3, 0.4) is 0 Å². The molecule has 0 radical (unpaired) electrons. The first kappa shape index (κ1) is 46.8. The van der Waals surface area contributed by atoms with Crippen molar-refractivity contribution in [3.05, 3.63) is 35.6 Å². The number of benzene rings is 1. The number of nitrogens with two attached hydrogens (primary N) is 1. The van der Waals surface area contributed by atoms with Crippen LogP contribution in [0.5, 0.6) is 0 Å². The monoisotopic (exact) mass is 890 g/mol. The second-order valence-electron chi connectivity index (χ2n) is 14.7. The summed E-state index contributed by atoms with van der Waals surface area (Å²) in [7, 11) is 0. The minimum atomic E-state index is -2.76. The van der Waals surface area contributed by atoms with Gasteiger partial charge in [-0.25, -0.2) is 19.3 Å². The highest BCUT2D eigenvalue weighted by Gasteiger charge is 2.56.